The van der Waals surface area contributed by atoms with E-state index in [1.54, 1.807) is 19.2 Å². The molecule has 0 saturated heterocycles. The Balaban J connectivity index is 2.94. The molecule has 2 aromatic rings. The number of H-pyrrole nitrogens is 1. The number of benzene rings is 1. The van der Waals surface area contributed by atoms with Crippen molar-refractivity contribution in [1.29, 1.82) is 0 Å². The number of carbonyl (C=O) groups is 1. The van der Waals surface area contributed by atoms with Gasteiger partial charge in [0.2, 0.25) is 0 Å². The van der Waals surface area contributed by atoms with Crippen LogP contribution in [0.5, 0.6) is 5.75 Å². The normalized spacial score (nSPS) is 10.6. The minimum atomic E-state index is 0.585. The Morgan fingerprint density at radius 2 is 2.20 bits per heavy atom. The molecular formula is C11H10ClNO2. The van der Waals surface area contributed by atoms with Gasteiger partial charge in [0.05, 0.1) is 23.0 Å². The van der Waals surface area contributed by atoms with E-state index in [-0.39, 0.29) is 0 Å². The van der Waals surface area contributed by atoms with E-state index >= 15 is 0 Å². The quantitative estimate of drug-likeness (QED) is 0.796. The third-order valence-corrected chi connectivity index (χ3v) is 2.75. The van der Waals surface area contributed by atoms with E-state index in [4.69, 9.17) is 16.3 Å². The first kappa shape index (κ1) is 10.1. The largest absolute Gasteiger partial charge is 0.496 e. The zero-order valence-electron chi connectivity index (χ0n) is 8.43. The molecule has 15 heavy (non-hydrogen) atoms. The first-order valence-electron chi connectivity index (χ1n) is 4.49. The highest BCUT2D eigenvalue weighted by Crippen LogP contribution is 2.34. The number of hydrogen-bond acceptors (Lipinski definition) is 2. The molecule has 2 rings (SSSR count). The number of fused-ring (bicyclic) bond motifs is 1. The van der Waals surface area contributed by atoms with Crippen LogP contribution >= 0.6 is 11.6 Å². The minimum Gasteiger partial charge on any atom is -0.496 e. The standard InChI is InChI=1S/C11H10ClNO2/c1-6-7(5-14)10-9(15-2)4-3-8(12)11(10)13-6/h3-5,13H,1-2H3. The maximum atomic E-state index is 11.0. The molecule has 0 amide bonds. The molecule has 0 aliphatic carbocycles. The van der Waals surface area contributed by atoms with Crippen LogP contribution in [-0.2, 0) is 0 Å². The average Bonchev–Trinajstić information content (AvgIpc) is 2.56. The molecular weight excluding hydrogens is 214 g/mol. The van der Waals surface area contributed by atoms with Crippen LogP contribution in [0.2, 0.25) is 5.02 Å². The zero-order valence-corrected chi connectivity index (χ0v) is 9.18. The molecule has 78 valence electrons. The number of rotatable bonds is 2. The molecule has 4 heteroatoms. The van der Waals surface area contributed by atoms with E-state index < -0.39 is 0 Å². The van der Waals surface area contributed by atoms with Crippen molar-refractivity contribution in [2.75, 3.05) is 7.11 Å². The van der Waals surface area contributed by atoms with Crippen LogP contribution in [0.15, 0.2) is 12.1 Å². The van der Waals surface area contributed by atoms with Crippen molar-refractivity contribution < 1.29 is 9.53 Å². The van der Waals surface area contributed by atoms with Gasteiger partial charge in [0.1, 0.15) is 5.75 Å². The number of aromatic amines is 1. The van der Waals surface area contributed by atoms with Crippen molar-refractivity contribution in [3.8, 4) is 5.75 Å². The number of nitrogens with one attached hydrogen (secondary N) is 1. The second kappa shape index (κ2) is 3.59. The van der Waals surface area contributed by atoms with Crippen molar-refractivity contribution in [2.24, 2.45) is 0 Å². The van der Waals surface area contributed by atoms with Gasteiger partial charge < -0.3 is 9.72 Å². The van der Waals surface area contributed by atoms with Gasteiger partial charge in [-0.2, -0.15) is 0 Å². The molecule has 1 aromatic carbocycles. The highest BCUT2D eigenvalue weighted by Gasteiger charge is 2.14. The third-order valence-electron chi connectivity index (χ3n) is 2.44. The van der Waals surface area contributed by atoms with Gasteiger partial charge in [0, 0.05) is 11.3 Å². The minimum absolute atomic E-state index is 0.585. The number of hydrogen-bond donors (Lipinski definition) is 1. The van der Waals surface area contributed by atoms with Gasteiger partial charge in [-0.1, -0.05) is 11.6 Å². The number of methoxy groups -OCH3 is 1. The molecule has 1 N–H and O–H groups in total. The SMILES string of the molecule is COc1ccc(Cl)c2[nH]c(C)c(C=O)c12. The van der Waals surface area contributed by atoms with Crippen LogP contribution in [0, 0.1) is 6.92 Å². The molecule has 3 nitrogen and oxygen atoms in total. The van der Waals surface area contributed by atoms with Gasteiger partial charge in [0.15, 0.2) is 6.29 Å². The van der Waals surface area contributed by atoms with E-state index in [1.165, 1.54) is 0 Å². The van der Waals surface area contributed by atoms with E-state index in [0.717, 1.165) is 22.9 Å². The average molecular weight is 224 g/mol. The van der Waals surface area contributed by atoms with Crippen LogP contribution in [0.1, 0.15) is 16.1 Å². The summed E-state index contributed by atoms with van der Waals surface area (Å²) in [7, 11) is 1.57. The summed E-state index contributed by atoms with van der Waals surface area (Å²) in [6.07, 6.45) is 0.813. The zero-order chi connectivity index (χ0) is 11.0. The number of aryl methyl sites for hydroxylation is 1. The fourth-order valence-electron chi connectivity index (χ4n) is 1.71. The molecule has 0 aliphatic rings. The van der Waals surface area contributed by atoms with E-state index in [9.17, 15) is 4.79 Å². The Kier molecular flexibility index (Phi) is 2.40. The van der Waals surface area contributed by atoms with Crippen LogP contribution < -0.4 is 4.74 Å². The molecule has 0 fully saturated rings. The molecule has 1 aromatic heterocycles. The number of aromatic nitrogens is 1. The molecule has 0 bridgehead atoms. The van der Waals surface area contributed by atoms with Crippen molar-refractivity contribution in [1.82, 2.24) is 4.98 Å². The number of aldehydes is 1. The monoisotopic (exact) mass is 223 g/mol. The Labute approximate surface area is 92.0 Å². The van der Waals surface area contributed by atoms with Crippen molar-refractivity contribution in [2.45, 2.75) is 6.92 Å². The van der Waals surface area contributed by atoms with Crippen LogP contribution in [0.4, 0.5) is 0 Å². The van der Waals surface area contributed by atoms with E-state index in [0.29, 0.717) is 16.3 Å². The van der Waals surface area contributed by atoms with Crippen molar-refractivity contribution in [3.05, 3.63) is 28.4 Å². The molecule has 1 heterocycles. The molecule has 0 radical (unpaired) electrons. The fourth-order valence-corrected chi connectivity index (χ4v) is 1.91. The van der Waals surface area contributed by atoms with E-state index in [1.807, 2.05) is 6.92 Å². The lowest BCUT2D eigenvalue weighted by Gasteiger charge is -2.03. The second-order valence-electron chi connectivity index (χ2n) is 3.28. The Bertz CT molecular complexity index is 531. The lowest BCUT2D eigenvalue weighted by molar-refractivity contribution is 0.112. The molecule has 0 saturated carbocycles. The Morgan fingerprint density at radius 3 is 2.80 bits per heavy atom. The first-order chi connectivity index (χ1) is 7.19. The van der Waals surface area contributed by atoms with Crippen LogP contribution in [0.25, 0.3) is 10.9 Å². The summed E-state index contributed by atoms with van der Waals surface area (Å²) in [5.41, 5.74) is 2.14. The summed E-state index contributed by atoms with van der Waals surface area (Å²) in [5, 5.41) is 1.33. The van der Waals surface area contributed by atoms with Gasteiger partial charge >= 0.3 is 0 Å². The summed E-state index contributed by atoms with van der Waals surface area (Å²) in [5.74, 6) is 0.654. The van der Waals surface area contributed by atoms with Gasteiger partial charge in [-0.15, -0.1) is 0 Å². The fraction of sp³-hybridized carbons (Fsp3) is 0.182. The predicted octanol–water partition coefficient (Wildman–Crippen LogP) is 2.95. The van der Waals surface area contributed by atoms with Gasteiger partial charge in [-0.3, -0.25) is 4.79 Å². The summed E-state index contributed by atoms with van der Waals surface area (Å²) < 4.78 is 5.20. The number of halogens is 1. The van der Waals surface area contributed by atoms with Crippen molar-refractivity contribution in [3.63, 3.8) is 0 Å². The lowest BCUT2D eigenvalue weighted by atomic mass is 10.1. The van der Waals surface area contributed by atoms with Gasteiger partial charge in [-0.05, 0) is 19.1 Å². The Morgan fingerprint density at radius 1 is 1.47 bits per heavy atom. The topological polar surface area (TPSA) is 42.1 Å². The van der Waals surface area contributed by atoms with E-state index in [2.05, 4.69) is 4.98 Å². The number of ether oxygens (including phenoxy) is 1. The summed E-state index contributed by atoms with van der Waals surface area (Å²) in [6, 6.07) is 3.50. The summed E-state index contributed by atoms with van der Waals surface area (Å²) in [4.78, 5) is 14.0. The molecule has 0 spiro atoms. The maximum absolute atomic E-state index is 11.0. The van der Waals surface area contributed by atoms with Gasteiger partial charge in [0.25, 0.3) is 0 Å². The molecule has 0 unspecified atom stereocenters. The smallest absolute Gasteiger partial charge is 0.152 e. The lowest BCUT2D eigenvalue weighted by Crippen LogP contribution is -1.86. The highest BCUT2D eigenvalue weighted by molar-refractivity contribution is 6.35. The second-order valence-corrected chi connectivity index (χ2v) is 3.69. The number of carbonyl (C=O) groups excluding carboxylic acids is 1. The predicted molar refractivity (Wildman–Crippen MR) is 60.0 cm³/mol. The Hall–Kier alpha value is -1.48. The third kappa shape index (κ3) is 1.39. The summed E-state index contributed by atoms with van der Waals surface area (Å²) in [6.45, 7) is 1.83. The van der Waals surface area contributed by atoms with Gasteiger partial charge in [-0.25, -0.2) is 0 Å². The first-order valence-corrected chi connectivity index (χ1v) is 4.86. The summed E-state index contributed by atoms with van der Waals surface area (Å²) >= 11 is 6.03. The maximum Gasteiger partial charge on any atom is 0.152 e. The molecule has 0 atom stereocenters. The molecule has 0 aliphatic heterocycles. The highest BCUT2D eigenvalue weighted by atomic mass is 35.5. The van der Waals surface area contributed by atoms with Crippen LogP contribution in [0.3, 0.4) is 0 Å². The van der Waals surface area contributed by atoms with Crippen LogP contribution in [-0.4, -0.2) is 18.4 Å². The van der Waals surface area contributed by atoms with Crippen molar-refractivity contribution >= 4 is 28.8 Å².